The largest absolute Gasteiger partial charge is 0.396 e. The van der Waals surface area contributed by atoms with Crippen LogP contribution < -0.4 is 0 Å². The highest BCUT2D eigenvalue weighted by Crippen LogP contribution is 2.36. The summed E-state index contributed by atoms with van der Waals surface area (Å²) in [6.07, 6.45) is 1.87. The Labute approximate surface area is 164 Å². The van der Waals surface area contributed by atoms with Crippen LogP contribution in [0.5, 0.6) is 0 Å². The molecule has 0 saturated carbocycles. The predicted molar refractivity (Wildman–Crippen MR) is 104 cm³/mol. The van der Waals surface area contributed by atoms with Crippen LogP contribution in [0.15, 0.2) is 47.4 Å². The van der Waals surface area contributed by atoms with Gasteiger partial charge in [-0.1, -0.05) is 29.8 Å². The summed E-state index contributed by atoms with van der Waals surface area (Å²) in [5.74, 6) is -0.580. The van der Waals surface area contributed by atoms with Crippen LogP contribution in [0.4, 0.5) is 4.39 Å². The van der Waals surface area contributed by atoms with Crippen molar-refractivity contribution in [3.63, 3.8) is 0 Å². The van der Waals surface area contributed by atoms with Gasteiger partial charge in [0, 0.05) is 23.5 Å². The summed E-state index contributed by atoms with van der Waals surface area (Å²) in [4.78, 5) is -0.0148. The standard InChI is InChI=1S/C20H23ClFNO3S/c1-15-6-7-18(22)11-19(15)27(25,26)23-9-3-8-20(13-23,14-24)12-16-4-2-5-17(21)10-16/h2,4-7,10-11,24H,3,8-9,12-14H2,1H3. The van der Waals surface area contributed by atoms with Gasteiger partial charge in [0.05, 0.1) is 11.5 Å². The smallest absolute Gasteiger partial charge is 0.243 e. The molecule has 1 N–H and O–H groups in total. The van der Waals surface area contributed by atoms with Gasteiger partial charge in [-0.15, -0.1) is 0 Å². The molecule has 27 heavy (non-hydrogen) atoms. The van der Waals surface area contributed by atoms with Crippen LogP contribution in [0.2, 0.25) is 5.02 Å². The van der Waals surface area contributed by atoms with Crippen LogP contribution in [-0.4, -0.2) is 37.5 Å². The van der Waals surface area contributed by atoms with Crippen molar-refractivity contribution < 1.29 is 17.9 Å². The lowest BCUT2D eigenvalue weighted by Crippen LogP contribution is -2.49. The molecule has 146 valence electrons. The molecule has 0 aromatic heterocycles. The maximum absolute atomic E-state index is 13.7. The third-order valence-electron chi connectivity index (χ3n) is 5.20. The molecular weight excluding hydrogens is 389 g/mol. The predicted octanol–water partition coefficient (Wildman–Crippen LogP) is 3.79. The summed E-state index contributed by atoms with van der Waals surface area (Å²) >= 11 is 6.06. The Morgan fingerprint density at radius 3 is 2.74 bits per heavy atom. The Hall–Kier alpha value is -1.47. The lowest BCUT2D eigenvalue weighted by molar-refractivity contribution is 0.0645. The molecule has 2 aromatic rings. The van der Waals surface area contributed by atoms with Gasteiger partial charge in [-0.05, 0) is 61.6 Å². The number of benzene rings is 2. The minimum Gasteiger partial charge on any atom is -0.396 e. The topological polar surface area (TPSA) is 57.6 Å². The Bertz CT molecular complexity index is 935. The number of aliphatic hydroxyl groups excluding tert-OH is 1. The number of hydrogen-bond donors (Lipinski definition) is 1. The summed E-state index contributed by atoms with van der Waals surface area (Å²) in [7, 11) is -3.84. The maximum atomic E-state index is 13.7. The number of halogens is 2. The fourth-order valence-corrected chi connectivity index (χ4v) is 5.81. The molecule has 1 fully saturated rings. The normalized spacial score (nSPS) is 21.3. The van der Waals surface area contributed by atoms with E-state index >= 15 is 0 Å². The van der Waals surface area contributed by atoms with Crippen molar-refractivity contribution in [2.24, 2.45) is 5.41 Å². The molecule has 1 atom stereocenters. The zero-order valence-electron chi connectivity index (χ0n) is 15.2. The number of nitrogens with zero attached hydrogens (tertiary/aromatic N) is 1. The molecule has 0 amide bonds. The number of aryl methyl sites for hydroxylation is 1. The van der Waals surface area contributed by atoms with Crippen molar-refractivity contribution >= 4 is 21.6 Å². The lowest BCUT2D eigenvalue weighted by Gasteiger charge is -2.41. The number of rotatable bonds is 5. The zero-order chi connectivity index (χ0) is 19.7. The second-order valence-electron chi connectivity index (χ2n) is 7.32. The number of sulfonamides is 1. The SMILES string of the molecule is Cc1ccc(F)cc1S(=O)(=O)N1CCCC(CO)(Cc2cccc(Cl)c2)C1. The van der Waals surface area contributed by atoms with Gasteiger partial charge in [0.15, 0.2) is 0 Å². The summed E-state index contributed by atoms with van der Waals surface area (Å²) in [5, 5.41) is 10.7. The van der Waals surface area contributed by atoms with Crippen LogP contribution in [0.25, 0.3) is 0 Å². The van der Waals surface area contributed by atoms with Gasteiger partial charge in [0.1, 0.15) is 5.82 Å². The third-order valence-corrected chi connectivity index (χ3v) is 7.42. The molecule has 2 aromatic carbocycles. The van der Waals surface area contributed by atoms with E-state index in [1.165, 1.54) is 16.4 Å². The molecule has 0 bridgehead atoms. The molecule has 1 aliphatic heterocycles. The number of aliphatic hydroxyl groups is 1. The van der Waals surface area contributed by atoms with E-state index in [9.17, 15) is 17.9 Å². The monoisotopic (exact) mass is 411 g/mol. The van der Waals surface area contributed by atoms with Gasteiger partial charge in [0.25, 0.3) is 0 Å². The van der Waals surface area contributed by atoms with Crippen molar-refractivity contribution in [1.82, 2.24) is 4.31 Å². The molecule has 0 radical (unpaired) electrons. The summed E-state index contributed by atoms with van der Waals surface area (Å²) in [5.41, 5.74) is 0.876. The molecular formula is C20H23ClFNO3S. The van der Waals surface area contributed by atoms with Gasteiger partial charge >= 0.3 is 0 Å². The highest BCUT2D eigenvalue weighted by atomic mass is 35.5. The minimum absolute atomic E-state index is 0.0148. The second-order valence-corrected chi connectivity index (χ2v) is 9.66. The van der Waals surface area contributed by atoms with E-state index in [1.807, 2.05) is 18.2 Å². The van der Waals surface area contributed by atoms with E-state index in [1.54, 1.807) is 13.0 Å². The summed E-state index contributed by atoms with van der Waals surface area (Å²) in [6, 6.07) is 11.2. The molecule has 0 aliphatic carbocycles. The van der Waals surface area contributed by atoms with Crippen LogP contribution >= 0.6 is 11.6 Å². The van der Waals surface area contributed by atoms with Crippen LogP contribution in [0.1, 0.15) is 24.0 Å². The van der Waals surface area contributed by atoms with Crippen LogP contribution in [0.3, 0.4) is 0 Å². The fraction of sp³-hybridized carbons (Fsp3) is 0.400. The highest BCUT2D eigenvalue weighted by Gasteiger charge is 2.40. The molecule has 1 heterocycles. The summed E-state index contributed by atoms with van der Waals surface area (Å²) < 4.78 is 41.3. The average Bonchev–Trinajstić information content (AvgIpc) is 2.64. The number of hydrogen-bond acceptors (Lipinski definition) is 3. The third kappa shape index (κ3) is 4.35. The first-order valence-corrected chi connectivity index (χ1v) is 10.7. The Balaban J connectivity index is 1.90. The zero-order valence-corrected chi connectivity index (χ0v) is 16.7. The molecule has 1 unspecified atom stereocenters. The number of piperidine rings is 1. The van der Waals surface area contributed by atoms with E-state index in [0.29, 0.717) is 36.4 Å². The van der Waals surface area contributed by atoms with Gasteiger partial charge < -0.3 is 5.11 Å². The van der Waals surface area contributed by atoms with E-state index in [4.69, 9.17) is 11.6 Å². The van der Waals surface area contributed by atoms with Gasteiger partial charge in [0.2, 0.25) is 10.0 Å². The van der Waals surface area contributed by atoms with Crippen molar-refractivity contribution in [3.05, 3.63) is 64.4 Å². The summed E-state index contributed by atoms with van der Waals surface area (Å²) in [6.45, 7) is 2.07. The average molecular weight is 412 g/mol. The molecule has 3 rings (SSSR count). The van der Waals surface area contributed by atoms with E-state index in [-0.39, 0.29) is 18.0 Å². The lowest BCUT2D eigenvalue weighted by atomic mass is 9.76. The van der Waals surface area contributed by atoms with Crippen LogP contribution in [0, 0.1) is 18.2 Å². The molecule has 0 spiro atoms. The first kappa shape index (κ1) is 20.3. The van der Waals surface area contributed by atoms with Crippen molar-refractivity contribution in [2.75, 3.05) is 19.7 Å². The maximum Gasteiger partial charge on any atom is 0.243 e. The second kappa shape index (κ2) is 7.87. The highest BCUT2D eigenvalue weighted by molar-refractivity contribution is 7.89. The first-order valence-electron chi connectivity index (χ1n) is 8.87. The van der Waals surface area contributed by atoms with E-state index in [2.05, 4.69) is 0 Å². The van der Waals surface area contributed by atoms with Gasteiger partial charge in [-0.3, -0.25) is 0 Å². The van der Waals surface area contributed by atoms with Crippen LogP contribution in [-0.2, 0) is 16.4 Å². The quantitative estimate of drug-likeness (QED) is 0.814. The Morgan fingerprint density at radius 1 is 1.26 bits per heavy atom. The molecule has 1 aliphatic rings. The van der Waals surface area contributed by atoms with Gasteiger partial charge in [-0.25, -0.2) is 12.8 Å². The molecule has 7 heteroatoms. The first-order chi connectivity index (χ1) is 12.8. The molecule has 1 saturated heterocycles. The van der Waals surface area contributed by atoms with E-state index < -0.39 is 21.3 Å². The van der Waals surface area contributed by atoms with Gasteiger partial charge in [-0.2, -0.15) is 4.31 Å². The van der Waals surface area contributed by atoms with Crippen molar-refractivity contribution in [1.29, 1.82) is 0 Å². The van der Waals surface area contributed by atoms with Crippen molar-refractivity contribution in [3.8, 4) is 0 Å². The van der Waals surface area contributed by atoms with Crippen molar-refractivity contribution in [2.45, 2.75) is 31.1 Å². The van der Waals surface area contributed by atoms with E-state index in [0.717, 1.165) is 11.6 Å². The minimum atomic E-state index is -3.84. The molecule has 4 nitrogen and oxygen atoms in total. The fourth-order valence-electron chi connectivity index (χ4n) is 3.77. The Kier molecular flexibility index (Phi) is 5.91. The Morgan fingerprint density at radius 2 is 2.04 bits per heavy atom.